The van der Waals surface area contributed by atoms with Gasteiger partial charge in [0.1, 0.15) is 0 Å². The minimum Gasteiger partial charge on any atom is -0.0836 e. The van der Waals surface area contributed by atoms with Crippen molar-refractivity contribution in [2.45, 2.75) is 12.3 Å². The van der Waals surface area contributed by atoms with Crippen LogP contribution in [0, 0.1) is 0 Å². The summed E-state index contributed by atoms with van der Waals surface area (Å²) in [5.41, 5.74) is 17.0. The zero-order valence-corrected chi connectivity index (χ0v) is 25.5. The zero-order valence-electron chi connectivity index (χ0n) is 25.5. The highest BCUT2D eigenvalue weighted by Crippen LogP contribution is 2.50. The molecule has 46 heavy (non-hydrogen) atoms. The normalized spacial score (nSPS) is 14.7. The summed E-state index contributed by atoms with van der Waals surface area (Å²) in [5, 5.41) is 2.56. The lowest BCUT2D eigenvalue weighted by molar-refractivity contribution is 0.868. The SMILES string of the molecule is C1=CCC2C(=C1)c1ccccc1-c1ccc(-c3ccc(-c4ccc(-c5cccc6c(-c7ccccc7)cccc56)cc4)cc3)cc12. The molecule has 1 atom stereocenters. The molecule has 7 aromatic rings. The first-order chi connectivity index (χ1) is 22.8. The molecule has 0 saturated heterocycles. The van der Waals surface area contributed by atoms with Gasteiger partial charge in [0.2, 0.25) is 0 Å². The first-order valence-corrected chi connectivity index (χ1v) is 16.2. The van der Waals surface area contributed by atoms with E-state index in [0.717, 1.165) is 6.42 Å². The van der Waals surface area contributed by atoms with Crippen LogP contribution in [0.2, 0.25) is 0 Å². The van der Waals surface area contributed by atoms with E-state index >= 15 is 0 Å². The predicted molar refractivity (Wildman–Crippen MR) is 196 cm³/mol. The smallest absolute Gasteiger partial charge is 0.0136 e. The van der Waals surface area contributed by atoms with Crippen LogP contribution in [0.5, 0.6) is 0 Å². The number of allylic oxidation sites excluding steroid dienone is 4. The first kappa shape index (κ1) is 26.7. The maximum atomic E-state index is 2.43. The van der Waals surface area contributed by atoms with Crippen molar-refractivity contribution in [3.8, 4) is 55.6 Å². The van der Waals surface area contributed by atoms with E-state index in [-0.39, 0.29) is 0 Å². The standard InChI is InChI=1S/C46H32/c1-2-10-34(11-3-1)37-16-8-19-40-38(17-9-18-39(37)40)35-26-24-32(25-27-35)31-20-22-33(23-21-31)36-28-29-45-43-14-5-4-12-41(43)42-13-6-7-15-44(42)46(45)30-36/h1-14,16-30,44H,15H2. The van der Waals surface area contributed by atoms with Gasteiger partial charge in [0.25, 0.3) is 0 Å². The summed E-state index contributed by atoms with van der Waals surface area (Å²) >= 11 is 0. The van der Waals surface area contributed by atoms with Crippen LogP contribution in [0.4, 0.5) is 0 Å². The molecule has 216 valence electrons. The predicted octanol–water partition coefficient (Wildman–Crippen LogP) is 12.6. The Balaban J connectivity index is 1.02. The molecular weight excluding hydrogens is 553 g/mol. The second-order valence-electron chi connectivity index (χ2n) is 12.4. The van der Waals surface area contributed by atoms with Gasteiger partial charge in [-0.3, -0.25) is 0 Å². The summed E-state index contributed by atoms with van der Waals surface area (Å²) in [4.78, 5) is 0. The molecule has 1 unspecified atom stereocenters. The van der Waals surface area contributed by atoms with Gasteiger partial charge in [0.15, 0.2) is 0 Å². The van der Waals surface area contributed by atoms with Gasteiger partial charge in [-0.05, 0) is 95.6 Å². The van der Waals surface area contributed by atoms with Gasteiger partial charge in [-0.1, -0.05) is 170 Å². The van der Waals surface area contributed by atoms with Crippen molar-refractivity contribution in [2.24, 2.45) is 0 Å². The molecule has 9 rings (SSSR count). The van der Waals surface area contributed by atoms with Gasteiger partial charge < -0.3 is 0 Å². The molecule has 0 spiro atoms. The van der Waals surface area contributed by atoms with Crippen molar-refractivity contribution >= 4 is 16.3 Å². The third-order valence-corrected chi connectivity index (χ3v) is 9.87. The summed E-state index contributed by atoms with van der Waals surface area (Å²) in [6.07, 6.45) is 7.89. The van der Waals surface area contributed by atoms with Gasteiger partial charge in [-0.2, -0.15) is 0 Å². The molecule has 0 heteroatoms. The van der Waals surface area contributed by atoms with Crippen LogP contribution in [0.15, 0.2) is 176 Å². The van der Waals surface area contributed by atoms with Crippen molar-refractivity contribution in [3.05, 3.63) is 187 Å². The van der Waals surface area contributed by atoms with E-state index in [4.69, 9.17) is 0 Å². The minimum atomic E-state index is 0.416. The molecule has 0 aromatic heterocycles. The number of hydrogen-bond acceptors (Lipinski definition) is 0. The Morgan fingerprint density at radius 2 is 0.891 bits per heavy atom. The van der Waals surface area contributed by atoms with Gasteiger partial charge >= 0.3 is 0 Å². The number of hydrogen-bond donors (Lipinski definition) is 0. The Kier molecular flexibility index (Phi) is 6.39. The van der Waals surface area contributed by atoms with Crippen molar-refractivity contribution in [3.63, 3.8) is 0 Å². The molecule has 7 aromatic carbocycles. The van der Waals surface area contributed by atoms with E-state index in [1.54, 1.807) is 0 Å². The molecule has 0 bridgehead atoms. The Morgan fingerprint density at radius 3 is 1.57 bits per heavy atom. The Hall–Kier alpha value is -5.72. The molecule has 0 radical (unpaired) electrons. The first-order valence-electron chi connectivity index (χ1n) is 16.2. The average molecular weight is 585 g/mol. The van der Waals surface area contributed by atoms with Crippen molar-refractivity contribution in [1.29, 1.82) is 0 Å². The van der Waals surface area contributed by atoms with E-state index in [0.29, 0.717) is 5.92 Å². The molecule has 0 N–H and O–H groups in total. The van der Waals surface area contributed by atoms with E-state index < -0.39 is 0 Å². The molecule has 0 heterocycles. The average Bonchev–Trinajstić information content (AvgIpc) is 3.15. The van der Waals surface area contributed by atoms with Gasteiger partial charge in [-0.25, -0.2) is 0 Å². The monoisotopic (exact) mass is 584 g/mol. The van der Waals surface area contributed by atoms with E-state index in [1.165, 1.54) is 83.1 Å². The van der Waals surface area contributed by atoms with Crippen molar-refractivity contribution in [1.82, 2.24) is 0 Å². The Morgan fingerprint density at radius 1 is 0.370 bits per heavy atom. The maximum Gasteiger partial charge on any atom is 0.0136 e. The lowest BCUT2D eigenvalue weighted by Gasteiger charge is -2.32. The Labute approximate surface area is 270 Å². The van der Waals surface area contributed by atoms with E-state index in [2.05, 4.69) is 176 Å². The number of fused-ring (bicyclic) bond motifs is 7. The molecule has 2 aliphatic rings. The summed E-state index contributed by atoms with van der Waals surface area (Å²) in [6, 6.07) is 58.0. The number of rotatable bonds is 4. The largest absolute Gasteiger partial charge is 0.0836 e. The number of benzene rings is 7. The van der Waals surface area contributed by atoms with Crippen LogP contribution in [-0.2, 0) is 0 Å². The van der Waals surface area contributed by atoms with E-state index in [1.807, 2.05) is 0 Å². The highest BCUT2D eigenvalue weighted by Gasteiger charge is 2.29. The summed E-state index contributed by atoms with van der Waals surface area (Å²) in [6.45, 7) is 0. The second-order valence-corrected chi connectivity index (χ2v) is 12.4. The third kappa shape index (κ3) is 4.45. The summed E-state index contributed by atoms with van der Waals surface area (Å²) in [5.74, 6) is 0.416. The lowest BCUT2D eigenvalue weighted by Crippen LogP contribution is -2.11. The molecular formula is C46H32. The summed E-state index contributed by atoms with van der Waals surface area (Å²) in [7, 11) is 0. The topological polar surface area (TPSA) is 0 Å². The zero-order chi connectivity index (χ0) is 30.5. The van der Waals surface area contributed by atoms with Crippen molar-refractivity contribution in [2.75, 3.05) is 0 Å². The van der Waals surface area contributed by atoms with Gasteiger partial charge in [0, 0.05) is 5.92 Å². The molecule has 0 saturated carbocycles. The fraction of sp³-hybridized carbons (Fsp3) is 0.0435. The Bertz CT molecular complexity index is 2300. The molecule has 0 fully saturated rings. The van der Waals surface area contributed by atoms with Gasteiger partial charge in [0.05, 0.1) is 0 Å². The summed E-state index contributed by atoms with van der Waals surface area (Å²) < 4.78 is 0. The minimum absolute atomic E-state index is 0.416. The second kappa shape index (κ2) is 11.0. The van der Waals surface area contributed by atoms with Crippen LogP contribution in [0.1, 0.15) is 23.5 Å². The lowest BCUT2D eigenvalue weighted by atomic mass is 9.72. The van der Waals surface area contributed by atoms with Crippen LogP contribution >= 0.6 is 0 Å². The van der Waals surface area contributed by atoms with Crippen LogP contribution < -0.4 is 0 Å². The molecule has 2 aliphatic carbocycles. The van der Waals surface area contributed by atoms with Crippen LogP contribution in [0.3, 0.4) is 0 Å². The molecule has 0 nitrogen and oxygen atoms in total. The fourth-order valence-corrected chi connectivity index (χ4v) is 7.58. The quantitative estimate of drug-likeness (QED) is 0.193. The molecule has 0 amide bonds. The van der Waals surface area contributed by atoms with Gasteiger partial charge in [-0.15, -0.1) is 0 Å². The third-order valence-electron chi connectivity index (χ3n) is 9.87. The molecule has 0 aliphatic heterocycles. The highest BCUT2D eigenvalue weighted by atomic mass is 14.3. The maximum absolute atomic E-state index is 2.43. The highest BCUT2D eigenvalue weighted by molar-refractivity contribution is 6.04. The van der Waals surface area contributed by atoms with E-state index in [9.17, 15) is 0 Å². The van der Waals surface area contributed by atoms with Crippen molar-refractivity contribution < 1.29 is 0 Å². The van der Waals surface area contributed by atoms with Crippen LogP contribution in [-0.4, -0.2) is 0 Å². The van der Waals surface area contributed by atoms with Crippen LogP contribution in [0.25, 0.3) is 72.0 Å². The fourth-order valence-electron chi connectivity index (χ4n) is 7.58.